The predicted molar refractivity (Wildman–Crippen MR) is 9.80 cm³/mol. The first-order chi connectivity index (χ1) is 1.91. The molecule has 0 rings (SSSR count). The van der Waals surface area contributed by atoms with Crippen molar-refractivity contribution in [2.24, 2.45) is 4.81 Å². The Morgan fingerprint density at radius 3 is 2.25 bits per heavy atom. The molecule has 0 bridgehead atoms. The summed E-state index contributed by atoms with van der Waals surface area (Å²) in [6, 6.07) is 0. The van der Waals surface area contributed by atoms with Crippen LogP contribution in [0.3, 0.4) is 0 Å². The van der Waals surface area contributed by atoms with Gasteiger partial charge in [0.1, 0.15) is 0 Å². The van der Waals surface area contributed by atoms with Crippen LogP contribution in [0.15, 0.2) is 0 Å². The van der Waals surface area contributed by atoms with E-state index in [1.807, 2.05) is 0 Å². The molecule has 0 spiro atoms. The third-order valence-corrected chi connectivity index (χ3v) is 0.168. The van der Waals surface area contributed by atoms with Gasteiger partial charge in [-0.2, -0.15) is 0 Å². The normalized spacial score (nSPS) is 6.00. The molecule has 0 radical (unpaired) electrons. The van der Waals surface area contributed by atoms with Crippen LogP contribution in [-0.4, -0.2) is 0 Å². The average Bonchev–Trinajstić information content (AvgIpc) is 1.37. The van der Waals surface area contributed by atoms with Crippen LogP contribution in [0, 0.1) is 10.3 Å². The van der Waals surface area contributed by atoms with Gasteiger partial charge in [0, 0.05) is 0 Å². The molecule has 2 nitrogen and oxygen atoms in total. The van der Waals surface area contributed by atoms with Gasteiger partial charge in [-0.1, -0.05) is 0 Å². The molecule has 0 saturated heterocycles. The van der Waals surface area contributed by atoms with Crippen molar-refractivity contribution in [3.63, 3.8) is 0 Å². The molecule has 0 saturated carbocycles. The Bertz CT molecular complexity index is 35.8. The zero-order chi connectivity index (χ0) is 3.41. The van der Waals surface area contributed by atoms with Crippen LogP contribution in [0.1, 0.15) is 0 Å². The topological polar surface area (TPSA) is 49.8 Å². The number of rotatable bonds is 0. The van der Waals surface area contributed by atoms with E-state index in [9.17, 15) is 0 Å². The molecule has 0 amide bonds. The Hall–Kier alpha value is -0.0565. The second-order valence-corrected chi connectivity index (χ2v) is 0.668. The zero-order valence-corrected chi connectivity index (χ0v) is 2.83. The van der Waals surface area contributed by atoms with E-state index in [4.69, 9.17) is 5.26 Å². The average molecular weight is 101 g/mol. The molecular formula is CH2N2Ni. The van der Waals surface area contributed by atoms with Crippen LogP contribution in [0.4, 0.5) is 0 Å². The molecule has 0 unspecified atom stereocenters. The van der Waals surface area contributed by atoms with E-state index >= 15 is 0 Å². The Morgan fingerprint density at radius 1 is 2.00 bits per heavy atom. The summed E-state index contributed by atoms with van der Waals surface area (Å²) in [5.74, 6) is 0. The van der Waals surface area contributed by atoms with E-state index in [2.05, 4.69) is 4.81 Å². The fourth-order valence-electron chi connectivity index (χ4n) is 0. The zero-order valence-electron chi connectivity index (χ0n) is 1.84. The molecule has 0 heterocycles. The van der Waals surface area contributed by atoms with Crippen LogP contribution in [0.5, 0.6) is 0 Å². The van der Waals surface area contributed by atoms with E-state index in [1.165, 1.54) is 0 Å². The number of hydrogen-bond acceptors (Lipinski definition) is 2. The van der Waals surface area contributed by atoms with Crippen molar-refractivity contribution in [2.75, 3.05) is 0 Å². The number of nitriles is 1. The Balaban J connectivity index is 2.43. The first kappa shape index (κ1) is 3.94. The number of hydrogen-bond donors (Lipinski definition) is 1. The second-order valence-electron chi connectivity index (χ2n) is 0.162. The van der Waals surface area contributed by atoms with E-state index in [-0.39, 0.29) is 0 Å². The molecule has 0 aliphatic rings. The molecule has 0 aliphatic heterocycles. The summed E-state index contributed by atoms with van der Waals surface area (Å²) in [5, 5.41) is 9.12. The summed E-state index contributed by atoms with van der Waals surface area (Å²) < 4.78 is 0. The van der Waals surface area contributed by atoms with Gasteiger partial charge in [0.2, 0.25) is 0 Å². The standard InChI is InChI=1S/CN.H2N.Ni/c1-2;;/h;1H2;/q;-1;+1. The van der Waals surface area contributed by atoms with E-state index in [1.54, 1.807) is 5.04 Å². The van der Waals surface area contributed by atoms with Crippen molar-refractivity contribution < 1.29 is 14.7 Å². The van der Waals surface area contributed by atoms with Crippen LogP contribution in [-0.2, 0) is 14.7 Å². The molecule has 3 heteroatoms. The van der Waals surface area contributed by atoms with Gasteiger partial charge in [-0.3, -0.25) is 0 Å². The fourth-order valence-corrected chi connectivity index (χ4v) is 0. The van der Waals surface area contributed by atoms with Gasteiger partial charge in [-0.05, 0) is 0 Å². The van der Waals surface area contributed by atoms with Crippen molar-refractivity contribution in [1.82, 2.24) is 0 Å². The van der Waals surface area contributed by atoms with Crippen molar-refractivity contribution in [1.29, 1.82) is 5.26 Å². The molecule has 0 fully saturated rings. The SMILES string of the molecule is N#[C][Ni][NH2]. The maximum atomic E-state index is 7.47. The molecule has 0 atom stereocenters. The van der Waals surface area contributed by atoms with Crippen molar-refractivity contribution in [3.05, 3.63) is 0 Å². The quantitative estimate of drug-likeness (QED) is 0.415. The number of nitrogens with two attached hydrogens (primary N) is 1. The molecule has 4 heavy (non-hydrogen) atoms. The van der Waals surface area contributed by atoms with Crippen LogP contribution in [0.25, 0.3) is 0 Å². The Labute approximate surface area is 30.6 Å². The minimum atomic E-state index is 0.528. The third kappa shape index (κ3) is 1.94. The van der Waals surface area contributed by atoms with Gasteiger partial charge in [-0.25, -0.2) is 0 Å². The summed E-state index contributed by atoms with van der Waals surface area (Å²) in [6.07, 6.45) is 0. The molecule has 0 aromatic carbocycles. The van der Waals surface area contributed by atoms with Crippen LogP contribution >= 0.6 is 0 Å². The van der Waals surface area contributed by atoms with Crippen LogP contribution < -0.4 is 4.81 Å². The summed E-state index contributed by atoms with van der Waals surface area (Å²) in [6.45, 7) is 0. The van der Waals surface area contributed by atoms with E-state index in [0.29, 0.717) is 14.7 Å². The summed E-state index contributed by atoms with van der Waals surface area (Å²) in [5.41, 5.74) is 0. The predicted octanol–water partition coefficient (Wildman–Crippen LogP) is -0.576. The summed E-state index contributed by atoms with van der Waals surface area (Å²) >= 11 is 0.528. The summed E-state index contributed by atoms with van der Waals surface area (Å²) in [7, 11) is 0. The van der Waals surface area contributed by atoms with Crippen molar-refractivity contribution >= 4 is 0 Å². The minimum absolute atomic E-state index is 0.528. The molecular weight excluding hydrogens is 98.7 g/mol. The molecule has 26 valence electrons. The molecule has 0 aromatic heterocycles. The van der Waals surface area contributed by atoms with Crippen LogP contribution in [0.2, 0.25) is 0 Å². The molecule has 2 N–H and O–H groups in total. The first-order valence-electron chi connectivity index (χ1n) is 0.564. The Morgan fingerprint density at radius 2 is 2.25 bits per heavy atom. The molecule has 0 aliphatic carbocycles. The second kappa shape index (κ2) is 2.94. The van der Waals surface area contributed by atoms with E-state index < -0.39 is 0 Å². The van der Waals surface area contributed by atoms with Crippen molar-refractivity contribution in [2.45, 2.75) is 0 Å². The third-order valence-electron chi connectivity index (χ3n) is 0.0408. The van der Waals surface area contributed by atoms with Gasteiger partial charge in [0.05, 0.1) is 0 Å². The first-order valence-corrected chi connectivity index (χ1v) is 1.63. The number of nitrogens with zero attached hydrogens (tertiary/aromatic N) is 1. The monoisotopic (exact) mass is 100.0 g/mol. The fraction of sp³-hybridized carbons (Fsp3) is 0. The van der Waals surface area contributed by atoms with Gasteiger partial charge in [-0.15, -0.1) is 0 Å². The molecule has 0 aromatic rings. The van der Waals surface area contributed by atoms with Gasteiger partial charge in [0.25, 0.3) is 0 Å². The van der Waals surface area contributed by atoms with E-state index in [0.717, 1.165) is 0 Å². The van der Waals surface area contributed by atoms with Gasteiger partial charge in [0.15, 0.2) is 0 Å². The Kier molecular flexibility index (Phi) is 2.90. The van der Waals surface area contributed by atoms with Gasteiger partial charge < -0.3 is 0 Å². The van der Waals surface area contributed by atoms with Crippen molar-refractivity contribution in [3.8, 4) is 5.04 Å². The van der Waals surface area contributed by atoms with Gasteiger partial charge >= 0.3 is 29.8 Å². The maximum absolute atomic E-state index is 7.47. The summed E-state index contributed by atoms with van der Waals surface area (Å²) in [4.78, 5) is 4.60.